The second-order valence-electron chi connectivity index (χ2n) is 9.22. The molecule has 5 atom stereocenters. The molecule has 0 saturated carbocycles. The van der Waals surface area contributed by atoms with E-state index in [9.17, 15) is 33.9 Å². The number of fused-ring (bicyclic) bond motifs is 2. The fourth-order valence-corrected chi connectivity index (χ4v) is 4.73. The van der Waals surface area contributed by atoms with E-state index in [-0.39, 0.29) is 33.8 Å². The van der Waals surface area contributed by atoms with Crippen LogP contribution in [0.25, 0.3) is 0 Å². The zero-order valence-corrected chi connectivity index (χ0v) is 22.4. The van der Waals surface area contributed by atoms with E-state index in [1.807, 2.05) is 0 Å². The molecule has 4 rings (SSSR count). The van der Waals surface area contributed by atoms with E-state index in [4.69, 9.17) is 28.4 Å². The first-order valence-electron chi connectivity index (χ1n) is 12.4. The molecular weight excluding hydrogens is 544 g/mol. The molecule has 216 valence electrons. The van der Waals surface area contributed by atoms with Gasteiger partial charge >= 0.3 is 23.9 Å². The molecule has 0 aromatic heterocycles. The quantitative estimate of drug-likeness (QED) is 0.320. The molecule has 1 aliphatic carbocycles. The number of hydrogen-bond acceptors (Lipinski definition) is 13. The van der Waals surface area contributed by atoms with E-state index in [2.05, 4.69) is 0 Å². The van der Waals surface area contributed by atoms with E-state index in [1.165, 1.54) is 36.4 Å². The minimum Gasteiger partial charge on any atom is -0.507 e. The fourth-order valence-electron chi connectivity index (χ4n) is 4.73. The first-order chi connectivity index (χ1) is 19.4. The number of rotatable bonds is 7. The van der Waals surface area contributed by atoms with Crippen LogP contribution in [0.5, 0.6) is 11.5 Å². The van der Waals surface area contributed by atoms with Crippen LogP contribution in [-0.4, -0.2) is 77.9 Å². The third-order valence-corrected chi connectivity index (χ3v) is 6.19. The number of phenolic OH excluding ortho intramolecular Hbond substituents is 1. The first kappa shape index (κ1) is 29.2. The van der Waals surface area contributed by atoms with Crippen LogP contribution < -0.4 is 4.74 Å². The number of esters is 4. The summed E-state index contributed by atoms with van der Waals surface area (Å²) < 4.78 is 32.8. The lowest BCUT2D eigenvalue weighted by molar-refractivity contribution is -0.298. The molecule has 0 bridgehead atoms. The number of benzene rings is 2. The summed E-state index contributed by atoms with van der Waals surface area (Å²) in [4.78, 5) is 74.1. The Labute approximate surface area is 233 Å². The molecule has 13 nitrogen and oxygen atoms in total. The van der Waals surface area contributed by atoms with E-state index in [0.717, 1.165) is 27.7 Å². The molecule has 0 spiro atoms. The highest BCUT2D eigenvalue weighted by Crippen LogP contribution is 2.37. The number of carbonyl (C=O) groups is 6. The van der Waals surface area contributed by atoms with Crippen LogP contribution in [0.3, 0.4) is 0 Å². The molecule has 2 aliphatic rings. The van der Waals surface area contributed by atoms with Crippen molar-refractivity contribution >= 4 is 35.4 Å². The van der Waals surface area contributed by atoms with E-state index in [0.29, 0.717) is 0 Å². The van der Waals surface area contributed by atoms with Gasteiger partial charge in [-0.25, -0.2) is 0 Å². The van der Waals surface area contributed by atoms with Crippen molar-refractivity contribution in [3.8, 4) is 11.5 Å². The Bertz CT molecular complexity index is 1430. The van der Waals surface area contributed by atoms with Gasteiger partial charge in [-0.15, -0.1) is 0 Å². The molecule has 0 amide bonds. The van der Waals surface area contributed by atoms with Crippen LogP contribution in [0.1, 0.15) is 59.5 Å². The van der Waals surface area contributed by atoms with Gasteiger partial charge in [-0.1, -0.05) is 24.3 Å². The Morgan fingerprint density at radius 1 is 0.707 bits per heavy atom. The molecule has 2 aromatic carbocycles. The predicted molar refractivity (Wildman–Crippen MR) is 134 cm³/mol. The number of ketones is 2. The summed E-state index contributed by atoms with van der Waals surface area (Å²) in [6.45, 7) is 3.82. The van der Waals surface area contributed by atoms with Gasteiger partial charge < -0.3 is 33.5 Å². The number of aromatic hydroxyl groups is 1. The zero-order chi connectivity index (χ0) is 30.0. The second kappa shape index (κ2) is 11.8. The Hall–Kier alpha value is -4.78. The van der Waals surface area contributed by atoms with Crippen molar-refractivity contribution < 1.29 is 62.3 Å². The van der Waals surface area contributed by atoms with Gasteiger partial charge in [-0.2, -0.15) is 0 Å². The number of carbonyl (C=O) groups excluding carboxylic acids is 6. The molecule has 1 heterocycles. The molecule has 1 aliphatic heterocycles. The Balaban J connectivity index is 1.70. The highest BCUT2D eigenvalue weighted by atomic mass is 16.7. The van der Waals surface area contributed by atoms with Crippen LogP contribution in [0.15, 0.2) is 36.4 Å². The highest BCUT2D eigenvalue weighted by molar-refractivity contribution is 6.30. The normalized spacial score (nSPS) is 23.0. The van der Waals surface area contributed by atoms with Crippen molar-refractivity contribution in [2.45, 2.75) is 58.4 Å². The van der Waals surface area contributed by atoms with E-state index in [1.54, 1.807) is 0 Å². The lowest BCUT2D eigenvalue weighted by atomic mass is 9.83. The minimum atomic E-state index is -1.60. The van der Waals surface area contributed by atoms with E-state index >= 15 is 0 Å². The van der Waals surface area contributed by atoms with Crippen molar-refractivity contribution in [3.05, 3.63) is 58.7 Å². The van der Waals surface area contributed by atoms with Gasteiger partial charge in [-0.05, 0) is 12.1 Å². The Kier molecular flexibility index (Phi) is 8.38. The van der Waals surface area contributed by atoms with Crippen LogP contribution in [0.2, 0.25) is 0 Å². The van der Waals surface area contributed by atoms with Gasteiger partial charge in [0.05, 0.1) is 11.1 Å². The number of ether oxygens (including phenoxy) is 6. The van der Waals surface area contributed by atoms with Crippen LogP contribution in [0, 0.1) is 0 Å². The summed E-state index contributed by atoms with van der Waals surface area (Å²) >= 11 is 0. The minimum absolute atomic E-state index is 0.0372. The molecule has 41 heavy (non-hydrogen) atoms. The van der Waals surface area contributed by atoms with Gasteiger partial charge in [0, 0.05) is 38.8 Å². The van der Waals surface area contributed by atoms with Gasteiger partial charge in [-0.3, -0.25) is 28.8 Å². The summed E-state index contributed by atoms with van der Waals surface area (Å²) in [5, 5.41) is 10.3. The third kappa shape index (κ3) is 6.04. The molecule has 3 unspecified atom stereocenters. The summed E-state index contributed by atoms with van der Waals surface area (Å²) in [6, 6.07) is 8.48. The number of phenols is 1. The van der Waals surface area contributed by atoms with Gasteiger partial charge in [0.25, 0.3) is 0 Å². The lowest BCUT2D eigenvalue weighted by Crippen LogP contribution is -2.63. The fraction of sp³-hybridized carbons (Fsp3) is 0.357. The molecule has 1 fully saturated rings. The highest BCUT2D eigenvalue weighted by Gasteiger charge is 2.53. The maximum absolute atomic E-state index is 13.4. The predicted octanol–water partition coefficient (Wildman–Crippen LogP) is 1.63. The molecule has 1 saturated heterocycles. The second-order valence-corrected chi connectivity index (χ2v) is 9.22. The first-order valence-corrected chi connectivity index (χ1v) is 12.4. The van der Waals surface area contributed by atoms with Gasteiger partial charge in [0.15, 0.2) is 18.0 Å². The molecule has 13 heteroatoms. The maximum atomic E-state index is 13.4. The van der Waals surface area contributed by atoms with Gasteiger partial charge in [0.2, 0.25) is 18.2 Å². The van der Waals surface area contributed by atoms with Crippen molar-refractivity contribution in [1.82, 2.24) is 0 Å². The average Bonchev–Trinajstić information content (AvgIpc) is 2.88. The van der Waals surface area contributed by atoms with Crippen LogP contribution >= 0.6 is 0 Å². The number of hydrogen-bond donors (Lipinski definition) is 1. The monoisotopic (exact) mass is 570 g/mol. The van der Waals surface area contributed by atoms with Crippen molar-refractivity contribution in [3.63, 3.8) is 0 Å². The average molecular weight is 571 g/mol. The van der Waals surface area contributed by atoms with E-state index < -0.39 is 72.8 Å². The summed E-state index contributed by atoms with van der Waals surface area (Å²) in [5.41, 5.74) is -0.216. The van der Waals surface area contributed by atoms with Crippen molar-refractivity contribution in [2.75, 3.05) is 6.61 Å². The van der Waals surface area contributed by atoms with Crippen molar-refractivity contribution in [1.29, 1.82) is 0 Å². The standard InChI is InChI=1S/C28H26O13/c1-12(29)37-25-20(41-28(40-15(4)32)27(39-14(3)31)26(25)38-13(2)30)11-36-19-10-6-8-17-22(19)24(35)21-16(23(17)34)7-5-9-18(21)33/h5-10,20,25-28,33H,11H2,1-4H3/t20?,25-,26?,27?,28-/m1/s1. The molecule has 2 aromatic rings. The zero-order valence-electron chi connectivity index (χ0n) is 22.4. The largest absolute Gasteiger partial charge is 0.507 e. The summed E-state index contributed by atoms with van der Waals surface area (Å²) in [5.74, 6) is -4.88. The molecule has 0 radical (unpaired) electrons. The topological polar surface area (TPSA) is 178 Å². The third-order valence-electron chi connectivity index (χ3n) is 6.19. The molecule has 1 N–H and O–H groups in total. The SMILES string of the molecule is CC(=O)OC1C(OC(C)=O)[C@H](OC(C)=O)C(COc2cccc3c2C(=O)c2c(O)cccc2C3=O)O[C@H]1OC(C)=O. The molecular formula is C28H26O13. The summed E-state index contributed by atoms with van der Waals surface area (Å²) in [7, 11) is 0. The Morgan fingerprint density at radius 3 is 1.85 bits per heavy atom. The summed E-state index contributed by atoms with van der Waals surface area (Å²) in [6.07, 6.45) is -7.31. The van der Waals surface area contributed by atoms with Gasteiger partial charge in [0.1, 0.15) is 24.2 Å². The lowest BCUT2D eigenvalue weighted by Gasteiger charge is -2.43. The smallest absolute Gasteiger partial charge is 0.305 e. The maximum Gasteiger partial charge on any atom is 0.305 e. The Morgan fingerprint density at radius 2 is 1.24 bits per heavy atom. The van der Waals surface area contributed by atoms with Crippen molar-refractivity contribution in [2.24, 2.45) is 0 Å². The van der Waals surface area contributed by atoms with Crippen LogP contribution in [-0.2, 0) is 42.9 Å². The van der Waals surface area contributed by atoms with Crippen LogP contribution in [0.4, 0.5) is 0 Å².